The number of ether oxygens (including phenoxy) is 2. The average molecular weight is 600 g/mol. The molecule has 3 aliphatic rings. The molecular weight excluding hydrogens is 559 g/mol. The number of allylic oxidation sites excluding steroid dienone is 2. The van der Waals surface area contributed by atoms with Crippen LogP contribution in [0.25, 0.3) is 0 Å². The van der Waals surface area contributed by atoms with Gasteiger partial charge in [0.25, 0.3) is 0 Å². The molecule has 2 heterocycles. The minimum absolute atomic E-state index is 0.00315. The second kappa shape index (κ2) is 14.3. The molecule has 7 nitrogen and oxygen atoms in total. The lowest BCUT2D eigenvalue weighted by molar-refractivity contribution is -0.125. The Bertz CT molecular complexity index is 1240. The quantitative estimate of drug-likeness (QED) is 0.292. The van der Waals surface area contributed by atoms with E-state index < -0.39 is 0 Å². The minimum atomic E-state index is -0.111. The smallest absolute Gasteiger partial charge is 0.225 e. The molecule has 0 aromatic heterocycles. The maximum Gasteiger partial charge on any atom is 0.225 e. The Morgan fingerprint density at radius 1 is 1.05 bits per heavy atom. The standard InChI is InChI=1S/C32H40Cl2N4O3/c33-28-10-9-27(40-17-5-1-2-13-35)20-30(28)38-16-12-24(21-38)32(39)36-25(22-37-14-3-4-15-37)18-23-6-11-31(29(34)19-23)41-26-7-8-26/h1-2,5-6,9-11,13,19-20,24-26H,3-4,7-8,12,14-18,21-22,35H2,(H,36,39)/b5-1-,13-2-/t24-,25?/m1/s1. The first kappa shape index (κ1) is 29.6. The van der Waals surface area contributed by atoms with Crippen LogP contribution in [0.4, 0.5) is 5.69 Å². The molecule has 2 aromatic rings. The molecule has 2 aromatic carbocycles. The Labute approximate surface area is 253 Å². The highest BCUT2D eigenvalue weighted by Crippen LogP contribution is 2.35. The van der Waals surface area contributed by atoms with Gasteiger partial charge in [-0.25, -0.2) is 0 Å². The predicted molar refractivity (Wildman–Crippen MR) is 166 cm³/mol. The summed E-state index contributed by atoms with van der Waals surface area (Å²) in [6, 6.07) is 11.7. The summed E-state index contributed by atoms with van der Waals surface area (Å²) >= 11 is 13.1. The molecule has 0 radical (unpaired) electrons. The van der Waals surface area contributed by atoms with Crippen LogP contribution in [0.2, 0.25) is 10.0 Å². The van der Waals surface area contributed by atoms with Crippen molar-refractivity contribution in [1.82, 2.24) is 10.2 Å². The molecule has 41 heavy (non-hydrogen) atoms. The van der Waals surface area contributed by atoms with Crippen LogP contribution in [0.5, 0.6) is 11.5 Å². The van der Waals surface area contributed by atoms with Gasteiger partial charge in [-0.15, -0.1) is 0 Å². The largest absolute Gasteiger partial charge is 0.489 e. The number of carbonyl (C=O) groups excluding carboxylic acids is 1. The summed E-state index contributed by atoms with van der Waals surface area (Å²) < 4.78 is 11.8. The molecule has 0 spiro atoms. The summed E-state index contributed by atoms with van der Waals surface area (Å²) in [5, 5.41) is 4.68. The van der Waals surface area contributed by atoms with Gasteiger partial charge < -0.3 is 30.3 Å². The monoisotopic (exact) mass is 598 g/mol. The summed E-state index contributed by atoms with van der Waals surface area (Å²) in [7, 11) is 0. The zero-order valence-electron chi connectivity index (χ0n) is 23.4. The maximum atomic E-state index is 13.5. The van der Waals surface area contributed by atoms with Gasteiger partial charge in [0, 0.05) is 31.7 Å². The number of anilines is 1. The molecular formula is C32H40Cl2N4O3. The summed E-state index contributed by atoms with van der Waals surface area (Å²) in [6.07, 6.45) is 13.4. The fourth-order valence-electron chi connectivity index (χ4n) is 5.53. The van der Waals surface area contributed by atoms with Gasteiger partial charge in [-0.05, 0) is 99.8 Å². The van der Waals surface area contributed by atoms with Crippen LogP contribution >= 0.6 is 23.2 Å². The zero-order valence-corrected chi connectivity index (χ0v) is 25.0. The average Bonchev–Trinajstić information content (AvgIpc) is 3.39. The van der Waals surface area contributed by atoms with E-state index in [9.17, 15) is 4.79 Å². The molecule has 3 N–H and O–H groups in total. The van der Waals surface area contributed by atoms with Crippen molar-refractivity contribution >= 4 is 34.8 Å². The molecule has 2 atom stereocenters. The van der Waals surface area contributed by atoms with Gasteiger partial charge in [0.1, 0.15) is 18.1 Å². The number of carbonyl (C=O) groups is 1. The highest BCUT2D eigenvalue weighted by molar-refractivity contribution is 6.33. The summed E-state index contributed by atoms with van der Waals surface area (Å²) in [5.41, 5.74) is 7.35. The summed E-state index contributed by atoms with van der Waals surface area (Å²) in [6.45, 7) is 4.80. The molecule has 1 aliphatic carbocycles. The summed E-state index contributed by atoms with van der Waals surface area (Å²) in [4.78, 5) is 18.2. The van der Waals surface area contributed by atoms with E-state index in [0.717, 1.165) is 74.6 Å². The molecule has 2 aliphatic heterocycles. The van der Waals surface area contributed by atoms with Crippen molar-refractivity contribution in [2.24, 2.45) is 11.7 Å². The Morgan fingerprint density at radius 3 is 2.63 bits per heavy atom. The minimum Gasteiger partial charge on any atom is -0.489 e. The van der Waals surface area contributed by atoms with Gasteiger partial charge in [0.15, 0.2) is 0 Å². The van der Waals surface area contributed by atoms with E-state index in [1.807, 2.05) is 42.5 Å². The Hall–Kier alpha value is -2.87. The van der Waals surface area contributed by atoms with Crippen LogP contribution in [0.1, 0.15) is 37.7 Å². The number of hydrogen-bond acceptors (Lipinski definition) is 6. The number of benzene rings is 2. The third-order valence-corrected chi connectivity index (χ3v) is 8.46. The van der Waals surface area contributed by atoms with Crippen molar-refractivity contribution in [2.75, 3.05) is 44.2 Å². The number of nitrogens with two attached hydrogens (primary N) is 1. The molecule has 1 amide bonds. The van der Waals surface area contributed by atoms with Gasteiger partial charge in [-0.3, -0.25) is 4.79 Å². The predicted octanol–water partition coefficient (Wildman–Crippen LogP) is 5.59. The maximum absolute atomic E-state index is 13.5. The van der Waals surface area contributed by atoms with E-state index in [2.05, 4.69) is 21.2 Å². The molecule has 0 bridgehead atoms. The topological polar surface area (TPSA) is 80.1 Å². The first-order valence-electron chi connectivity index (χ1n) is 14.7. The molecule has 1 saturated carbocycles. The molecule has 3 fully saturated rings. The number of amides is 1. The molecule has 5 rings (SSSR count). The fourth-order valence-corrected chi connectivity index (χ4v) is 6.02. The van der Waals surface area contributed by atoms with Crippen molar-refractivity contribution in [1.29, 1.82) is 0 Å². The van der Waals surface area contributed by atoms with E-state index >= 15 is 0 Å². The Balaban J connectivity index is 1.20. The second-order valence-electron chi connectivity index (χ2n) is 11.2. The molecule has 220 valence electrons. The number of nitrogens with one attached hydrogen (secondary N) is 1. The second-order valence-corrected chi connectivity index (χ2v) is 12.0. The van der Waals surface area contributed by atoms with E-state index in [1.165, 1.54) is 19.0 Å². The lowest BCUT2D eigenvalue weighted by atomic mass is 10.0. The highest BCUT2D eigenvalue weighted by Gasteiger charge is 2.31. The van der Waals surface area contributed by atoms with Crippen molar-refractivity contribution in [3.8, 4) is 11.5 Å². The van der Waals surface area contributed by atoms with Gasteiger partial charge in [0.05, 0.1) is 27.8 Å². The van der Waals surface area contributed by atoms with Gasteiger partial charge in [-0.1, -0.05) is 35.3 Å². The molecule has 9 heteroatoms. The fraction of sp³-hybridized carbons (Fsp3) is 0.469. The first-order chi connectivity index (χ1) is 20.0. The number of halogens is 2. The van der Waals surface area contributed by atoms with Crippen molar-refractivity contribution in [2.45, 2.75) is 50.7 Å². The van der Waals surface area contributed by atoms with E-state index in [1.54, 1.807) is 6.08 Å². The van der Waals surface area contributed by atoms with Crippen LogP contribution < -0.4 is 25.4 Å². The molecule has 2 saturated heterocycles. The van der Waals surface area contributed by atoms with Gasteiger partial charge in [-0.2, -0.15) is 0 Å². The Morgan fingerprint density at radius 2 is 1.88 bits per heavy atom. The van der Waals surface area contributed by atoms with Crippen LogP contribution in [-0.4, -0.2) is 62.3 Å². The highest BCUT2D eigenvalue weighted by atomic mass is 35.5. The van der Waals surface area contributed by atoms with Crippen molar-refractivity contribution in [3.63, 3.8) is 0 Å². The van der Waals surface area contributed by atoms with Crippen LogP contribution in [0.15, 0.2) is 60.8 Å². The van der Waals surface area contributed by atoms with Crippen LogP contribution in [0, 0.1) is 5.92 Å². The third-order valence-electron chi connectivity index (χ3n) is 7.84. The van der Waals surface area contributed by atoms with E-state index in [0.29, 0.717) is 29.3 Å². The van der Waals surface area contributed by atoms with Gasteiger partial charge in [0.2, 0.25) is 5.91 Å². The number of hydrogen-bond donors (Lipinski definition) is 2. The Kier molecular flexibility index (Phi) is 10.4. The zero-order chi connectivity index (χ0) is 28.6. The van der Waals surface area contributed by atoms with Gasteiger partial charge >= 0.3 is 0 Å². The van der Waals surface area contributed by atoms with Crippen LogP contribution in [-0.2, 0) is 11.2 Å². The first-order valence-corrected chi connectivity index (χ1v) is 15.4. The number of nitrogens with zero attached hydrogens (tertiary/aromatic N) is 2. The normalized spacial score (nSPS) is 20.2. The SMILES string of the molecule is N/C=C\C=C/COc1ccc(Cl)c(N2CC[C@@H](C(=O)NC(Cc3ccc(OC4CC4)c(Cl)c3)CN3CCCC3)C2)c1. The number of rotatable bonds is 13. The van der Waals surface area contributed by atoms with Crippen molar-refractivity contribution in [3.05, 3.63) is 76.4 Å². The van der Waals surface area contributed by atoms with Crippen molar-refractivity contribution < 1.29 is 14.3 Å². The lowest BCUT2D eigenvalue weighted by Crippen LogP contribution is -2.46. The third kappa shape index (κ3) is 8.57. The van der Waals surface area contributed by atoms with E-state index in [-0.39, 0.29) is 17.9 Å². The number of likely N-dealkylation sites (tertiary alicyclic amines) is 1. The van der Waals surface area contributed by atoms with Crippen LogP contribution in [0.3, 0.4) is 0 Å². The van der Waals surface area contributed by atoms with E-state index in [4.69, 9.17) is 38.4 Å². The molecule has 1 unspecified atom stereocenters. The summed E-state index contributed by atoms with van der Waals surface area (Å²) in [5.74, 6) is 1.47. The lowest BCUT2D eigenvalue weighted by Gasteiger charge is -2.26.